The van der Waals surface area contributed by atoms with E-state index in [1.54, 1.807) is 12.4 Å². The van der Waals surface area contributed by atoms with Gasteiger partial charge in [0.15, 0.2) is 5.11 Å². The normalized spacial score (nSPS) is 10.2. The fraction of sp³-hybridized carbons (Fsp3) is 0.455. The average Bonchev–Trinajstić information content (AvgIpc) is 2.25. The van der Waals surface area contributed by atoms with Crippen molar-refractivity contribution in [2.24, 2.45) is 0 Å². The van der Waals surface area contributed by atoms with Crippen LogP contribution in [0.2, 0.25) is 0 Å². The third kappa shape index (κ3) is 5.63. The van der Waals surface area contributed by atoms with Gasteiger partial charge in [-0.15, -0.1) is 0 Å². The van der Waals surface area contributed by atoms with E-state index >= 15 is 0 Å². The van der Waals surface area contributed by atoms with Gasteiger partial charge >= 0.3 is 0 Å². The molecule has 1 heterocycles. The predicted molar refractivity (Wildman–Crippen MR) is 71.6 cm³/mol. The molecule has 1 aromatic rings. The van der Waals surface area contributed by atoms with Crippen LogP contribution < -0.4 is 10.6 Å². The van der Waals surface area contributed by atoms with E-state index in [4.69, 9.17) is 12.2 Å². The topological polar surface area (TPSA) is 40.2 Å². The van der Waals surface area contributed by atoms with Gasteiger partial charge in [0, 0.05) is 24.6 Å². The first-order valence-electron chi connectivity index (χ1n) is 5.28. The molecule has 2 N–H and O–H groups in total. The van der Waals surface area contributed by atoms with E-state index in [0.29, 0.717) is 5.11 Å². The number of hydrogen-bond donors (Lipinski definition) is 2. The lowest BCUT2D eigenvalue weighted by Crippen LogP contribution is -2.30. The highest BCUT2D eigenvalue weighted by molar-refractivity contribution is 7.80. The number of nitrogens with zero attached hydrogens (tertiary/aromatic N) is 2. The van der Waals surface area contributed by atoms with Crippen molar-refractivity contribution in [2.45, 2.75) is 6.42 Å². The molecule has 0 aromatic carbocycles. The first-order valence-corrected chi connectivity index (χ1v) is 5.69. The Hall–Kier alpha value is -1.20. The molecule has 0 amide bonds. The van der Waals surface area contributed by atoms with Crippen LogP contribution in [0.4, 0.5) is 5.69 Å². The number of anilines is 1. The smallest absolute Gasteiger partial charge is 0.170 e. The Bertz CT molecular complexity index is 313. The van der Waals surface area contributed by atoms with Crippen LogP contribution in [0.5, 0.6) is 0 Å². The maximum absolute atomic E-state index is 5.16. The molecule has 88 valence electrons. The largest absolute Gasteiger partial charge is 0.362 e. The first kappa shape index (κ1) is 12.9. The standard InChI is InChI=1S/C11H18N4S/c1-15(2)9-3-6-13-11(16)14-10-4-7-12-8-5-10/h4-5,7-8H,3,6,9H2,1-2H3,(H2,12,13,14,16). The molecule has 1 aromatic heterocycles. The molecule has 0 spiro atoms. The second-order valence-electron chi connectivity index (χ2n) is 3.77. The van der Waals surface area contributed by atoms with Gasteiger partial charge in [-0.2, -0.15) is 0 Å². The minimum absolute atomic E-state index is 0.657. The van der Waals surface area contributed by atoms with Crippen molar-refractivity contribution >= 4 is 23.0 Å². The molecule has 4 nitrogen and oxygen atoms in total. The van der Waals surface area contributed by atoms with Gasteiger partial charge in [0.05, 0.1) is 0 Å². The molecule has 0 radical (unpaired) electrons. The lowest BCUT2D eigenvalue weighted by Gasteiger charge is -2.12. The first-order chi connectivity index (χ1) is 7.68. The summed E-state index contributed by atoms with van der Waals surface area (Å²) in [6, 6.07) is 3.77. The lowest BCUT2D eigenvalue weighted by molar-refractivity contribution is 0.400. The molecule has 0 aliphatic carbocycles. The van der Waals surface area contributed by atoms with Gasteiger partial charge in [-0.1, -0.05) is 0 Å². The number of pyridine rings is 1. The molecule has 5 heteroatoms. The Morgan fingerprint density at radius 2 is 2.06 bits per heavy atom. The van der Waals surface area contributed by atoms with Crippen molar-refractivity contribution in [3.8, 4) is 0 Å². The van der Waals surface area contributed by atoms with Gasteiger partial charge in [0.25, 0.3) is 0 Å². The predicted octanol–water partition coefficient (Wildman–Crippen LogP) is 1.32. The quantitative estimate of drug-likeness (QED) is 0.598. The summed E-state index contributed by atoms with van der Waals surface area (Å²) < 4.78 is 0. The molecular weight excluding hydrogens is 220 g/mol. The van der Waals surface area contributed by atoms with E-state index in [1.807, 2.05) is 12.1 Å². The monoisotopic (exact) mass is 238 g/mol. The highest BCUT2D eigenvalue weighted by Gasteiger charge is 1.96. The van der Waals surface area contributed by atoms with E-state index in [0.717, 1.165) is 25.2 Å². The van der Waals surface area contributed by atoms with Gasteiger partial charge in [-0.05, 0) is 51.4 Å². The second-order valence-corrected chi connectivity index (χ2v) is 4.18. The highest BCUT2D eigenvalue weighted by Crippen LogP contribution is 2.02. The summed E-state index contributed by atoms with van der Waals surface area (Å²) in [5, 5.41) is 6.91. The number of hydrogen-bond acceptors (Lipinski definition) is 3. The average molecular weight is 238 g/mol. The van der Waals surface area contributed by atoms with Gasteiger partial charge in [0.1, 0.15) is 0 Å². The molecule has 0 unspecified atom stereocenters. The summed E-state index contributed by atoms with van der Waals surface area (Å²) in [6.45, 7) is 1.94. The van der Waals surface area contributed by atoms with Gasteiger partial charge in [-0.25, -0.2) is 0 Å². The fourth-order valence-electron chi connectivity index (χ4n) is 1.21. The minimum Gasteiger partial charge on any atom is -0.362 e. The zero-order valence-corrected chi connectivity index (χ0v) is 10.5. The van der Waals surface area contributed by atoms with Crippen molar-refractivity contribution in [3.05, 3.63) is 24.5 Å². The minimum atomic E-state index is 0.657. The van der Waals surface area contributed by atoms with Gasteiger partial charge in [0.2, 0.25) is 0 Å². The Morgan fingerprint density at radius 1 is 1.38 bits per heavy atom. The molecule has 0 bridgehead atoms. The molecule has 0 aliphatic heterocycles. The van der Waals surface area contributed by atoms with Crippen LogP contribution in [-0.4, -0.2) is 42.2 Å². The Morgan fingerprint density at radius 3 is 2.69 bits per heavy atom. The van der Waals surface area contributed by atoms with E-state index in [2.05, 4.69) is 34.6 Å². The summed E-state index contributed by atoms with van der Waals surface area (Å²) in [5.74, 6) is 0. The number of thiocarbonyl (C=S) groups is 1. The molecule has 0 saturated heterocycles. The van der Waals surface area contributed by atoms with Gasteiger partial charge < -0.3 is 15.5 Å². The maximum Gasteiger partial charge on any atom is 0.170 e. The van der Waals surface area contributed by atoms with Crippen LogP contribution >= 0.6 is 12.2 Å². The van der Waals surface area contributed by atoms with Crippen molar-refractivity contribution in [1.29, 1.82) is 0 Å². The molecule has 1 rings (SSSR count). The number of nitrogens with one attached hydrogen (secondary N) is 2. The SMILES string of the molecule is CN(C)CCCNC(=S)Nc1ccncc1. The van der Waals surface area contributed by atoms with E-state index in [1.165, 1.54) is 0 Å². The van der Waals surface area contributed by atoms with Crippen molar-refractivity contribution in [3.63, 3.8) is 0 Å². The van der Waals surface area contributed by atoms with Gasteiger partial charge in [-0.3, -0.25) is 4.98 Å². The van der Waals surface area contributed by atoms with Crippen LogP contribution in [0.15, 0.2) is 24.5 Å². The summed E-state index contributed by atoms with van der Waals surface area (Å²) in [5.41, 5.74) is 0.958. The van der Waals surface area contributed by atoms with Crippen LogP contribution in [0.1, 0.15) is 6.42 Å². The summed E-state index contributed by atoms with van der Waals surface area (Å²) in [6.07, 6.45) is 4.54. The highest BCUT2D eigenvalue weighted by atomic mass is 32.1. The zero-order chi connectivity index (χ0) is 11.8. The van der Waals surface area contributed by atoms with Crippen LogP contribution in [-0.2, 0) is 0 Å². The Kier molecular flexibility index (Phi) is 5.74. The third-order valence-corrected chi connectivity index (χ3v) is 2.25. The maximum atomic E-state index is 5.16. The van der Waals surface area contributed by atoms with Crippen molar-refractivity contribution in [1.82, 2.24) is 15.2 Å². The number of aromatic nitrogens is 1. The van der Waals surface area contributed by atoms with Crippen LogP contribution in [0, 0.1) is 0 Å². The molecule has 0 fully saturated rings. The van der Waals surface area contributed by atoms with Crippen molar-refractivity contribution < 1.29 is 0 Å². The third-order valence-electron chi connectivity index (χ3n) is 2.01. The van der Waals surface area contributed by atoms with Crippen LogP contribution in [0.3, 0.4) is 0 Å². The fourth-order valence-corrected chi connectivity index (χ4v) is 1.43. The molecule has 0 aliphatic rings. The molecular formula is C11H18N4S. The summed E-state index contributed by atoms with van der Waals surface area (Å²) in [4.78, 5) is 6.09. The molecule has 16 heavy (non-hydrogen) atoms. The Balaban J connectivity index is 2.17. The van der Waals surface area contributed by atoms with Crippen LogP contribution in [0.25, 0.3) is 0 Å². The molecule has 0 atom stereocenters. The van der Waals surface area contributed by atoms with E-state index in [-0.39, 0.29) is 0 Å². The Labute approximate surface area is 102 Å². The summed E-state index contributed by atoms with van der Waals surface area (Å²) >= 11 is 5.16. The summed E-state index contributed by atoms with van der Waals surface area (Å²) in [7, 11) is 4.13. The van der Waals surface area contributed by atoms with E-state index < -0.39 is 0 Å². The zero-order valence-electron chi connectivity index (χ0n) is 9.73. The van der Waals surface area contributed by atoms with E-state index in [9.17, 15) is 0 Å². The number of rotatable bonds is 5. The molecule has 0 saturated carbocycles. The lowest BCUT2D eigenvalue weighted by atomic mass is 10.4. The second kappa shape index (κ2) is 7.14. The van der Waals surface area contributed by atoms with Crippen molar-refractivity contribution in [2.75, 3.05) is 32.5 Å².